The van der Waals surface area contributed by atoms with Gasteiger partial charge in [0.05, 0.1) is 18.3 Å². The summed E-state index contributed by atoms with van der Waals surface area (Å²) >= 11 is 0. The number of anilines is 2. The molecule has 0 amide bonds. The smallest absolute Gasteiger partial charge is 0.242 e. The van der Waals surface area contributed by atoms with E-state index in [9.17, 15) is 0 Å². The van der Waals surface area contributed by atoms with Crippen molar-refractivity contribution in [1.82, 2.24) is 9.97 Å². The Balaban J connectivity index is 2.28. The van der Waals surface area contributed by atoms with Gasteiger partial charge in [-0.2, -0.15) is 4.98 Å². The SMILES string of the molecule is CCOc1ncnc(N2CC(C)OC(C)(C)C2)c1N. The summed E-state index contributed by atoms with van der Waals surface area (Å²) in [5.74, 6) is 1.17. The number of nitrogens with zero attached hydrogens (tertiary/aromatic N) is 3. The molecule has 1 saturated heterocycles. The summed E-state index contributed by atoms with van der Waals surface area (Å²) in [5.41, 5.74) is 6.38. The van der Waals surface area contributed by atoms with Gasteiger partial charge in [0.15, 0.2) is 5.82 Å². The van der Waals surface area contributed by atoms with Gasteiger partial charge in [-0.25, -0.2) is 4.98 Å². The van der Waals surface area contributed by atoms with Crippen LogP contribution in [0, 0.1) is 0 Å². The minimum atomic E-state index is -0.221. The third-order valence-electron chi connectivity index (χ3n) is 2.98. The topological polar surface area (TPSA) is 73.5 Å². The minimum absolute atomic E-state index is 0.133. The first-order valence-corrected chi connectivity index (χ1v) is 6.59. The van der Waals surface area contributed by atoms with E-state index in [0.717, 1.165) is 18.9 Å². The highest BCUT2D eigenvalue weighted by Gasteiger charge is 2.33. The molecular weight excluding hydrogens is 244 g/mol. The Bertz CT molecular complexity index is 450. The molecular formula is C13H22N4O2. The quantitative estimate of drug-likeness (QED) is 0.893. The van der Waals surface area contributed by atoms with Crippen LogP contribution in [0.1, 0.15) is 27.7 Å². The summed E-state index contributed by atoms with van der Waals surface area (Å²) < 4.78 is 11.3. The number of aromatic nitrogens is 2. The molecule has 106 valence electrons. The zero-order valence-corrected chi connectivity index (χ0v) is 12.0. The summed E-state index contributed by atoms with van der Waals surface area (Å²) in [6.45, 7) is 10.1. The Morgan fingerprint density at radius 3 is 2.89 bits per heavy atom. The fourth-order valence-corrected chi connectivity index (χ4v) is 2.49. The maximum atomic E-state index is 6.10. The number of nitrogen functional groups attached to an aromatic ring is 1. The lowest BCUT2D eigenvalue weighted by atomic mass is 10.1. The lowest BCUT2D eigenvalue weighted by molar-refractivity contribution is -0.0751. The molecule has 6 heteroatoms. The van der Waals surface area contributed by atoms with Crippen LogP contribution in [0.4, 0.5) is 11.5 Å². The van der Waals surface area contributed by atoms with E-state index in [4.69, 9.17) is 15.2 Å². The van der Waals surface area contributed by atoms with E-state index in [2.05, 4.69) is 35.6 Å². The Morgan fingerprint density at radius 2 is 2.26 bits per heavy atom. The van der Waals surface area contributed by atoms with Crippen LogP contribution in [0.3, 0.4) is 0 Å². The largest absolute Gasteiger partial charge is 0.476 e. The van der Waals surface area contributed by atoms with Crippen LogP contribution in [-0.2, 0) is 4.74 Å². The standard InChI is InChI=1S/C13H22N4O2/c1-5-18-12-10(14)11(15-8-16-12)17-6-9(2)19-13(3,4)7-17/h8-9H,5-7,14H2,1-4H3. The molecule has 19 heavy (non-hydrogen) atoms. The maximum Gasteiger partial charge on any atom is 0.242 e. The molecule has 6 nitrogen and oxygen atoms in total. The van der Waals surface area contributed by atoms with E-state index in [-0.39, 0.29) is 11.7 Å². The first-order chi connectivity index (χ1) is 8.93. The van der Waals surface area contributed by atoms with E-state index in [0.29, 0.717) is 18.2 Å². The van der Waals surface area contributed by atoms with Crippen molar-refractivity contribution in [2.45, 2.75) is 39.4 Å². The Morgan fingerprint density at radius 1 is 1.53 bits per heavy atom. The van der Waals surface area contributed by atoms with Crippen molar-refractivity contribution in [1.29, 1.82) is 0 Å². The van der Waals surface area contributed by atoms with E-state index >= 15 is 0 Å². The number of morpholine rings is 1. The van der Waals surface area contributed by atoms with Crippen molar-refractivity contribution < 1.29 is 9.47 Å². The van der Waals surface area contributed by atoms with Crippen LogP contribution in [0.15, 0.2) is 6.33 Å². The number of ether oxygens (including phenoxy) is 2. The molecule has 0 aliphatic carbocycles. The van der Waals surface area contributed by atoms with Gasteiger partial charge < -0.3 is 20.1 Å². The monoisotopic (exact) mass is 266 g/mol. The second kappa shape index (κ2) is 5.21. The van der Waals surface area contributed by atoms with Crippen LogP contribution < -0.4 is 15.4 Å². The molecule has 2 heterocycles. The summed E-state index contributed by atoms with van der Waals surface area (Å²) in [4.78, 5) is 10.5. The molecule has 1 atom stereocenters. The van der Waals surface area contributed by atoms with Gasteiger partial charge in [-0.15, -0.1) is 0 Å². The molecule has 1 aliphatic heterocycles. The Kier molecular flexibility index (Phi) is 3.80. The maximum absolute atomic E-state index is 6.10. The van der Waals surface area contributed by atoms with Crippen molar-refractivity contribution >= 4 is 11.5 Å². The Hall–Kier alpha value is -1.56. The van der Waals surface area contributed by atoms with Crippen molar-refractivity contribution in [3.8, 4) is 5.88 Å². The highest BCUT2D eigenvalue weighted by atomic mass is 16.5. The van der Waals surface area contributed by atoms with Crippen LogP contribution >= 0.6 is 0 Å². The van der Waals surface area contributed by atoms with Gasteiger partial charge >= 0.3 is 0 Å². The minimum Gasteiger partial charge on any atom is -0.476 e. The van der Waals surface area contributed by atoms with Crippen molar-refractivity contribution in [3.63, 3.8) is 0 Å². The normalized spacial score (nSPS) is 22.3. The first kappa shape index (κ1) is 13.9. The van der Waals surface area contributed by atoms with E-state index in [1.54, 1.807) is 0 Å². The molecule has 0 radical (unpaired) electrons. The molecule has 0 bridgehead atoms. The third kappa shape index (κ3) is 3.07. The highest BCUT2D eigenvalue weighted by Crippen LogP contribution is 2.32. The predicted molar refractivity (Wildman–Crippen MR) is 74.5 cm³/mol. The van der Waals surface area contributed by atoms with Crippen molar-refractivity contribution in [2.75, 3.05) is 30.3 Å². The predicted octanol–water partition coefficient (Wildman–Crippen LogP) is 1.46. The van der Waals surface area contributed by atoms with Crippen LogP contribution in [0.5, 0.6) is 5.88 Å². The zero-order valence-electron chi connectivity index (χ0n) is 12.0. The van der Waals surface area contributed by atoms with E-state index in [1.165, 1.54) is 6.33 Å². The van der Waals surface area contributed by atoms with Gasteiger partial charge in [0.2, 0.25) is 5.88 Å². The molecule has 2 rings (SSSR count). The van der Waals surface area contributed by atoms with Crippen molar-refractivity contribution in [2.24, 2.45) is 0 Å². The lowest BCUT2D eigenvalue weighted by Crippen LogP contribution is -2.52. The number of hydrogen-bond donors (Lipinski definition) is 1. The number of nitrogens with two attached hydrogens (primary N) is 1. The van der Waals surface area contributed by atoms with Gasteiger partial charge in [-0.1, -0.05) is 0 Å². The second-order valence-corrected chi connectivity index (χ2v) is 5.42. The molecule has 1 aromatic heterocycles. The summed E-state index contributed by atoms with van der Waals surface area (Å²) in [5, 5.41) is 0. The molecule has 1 unspecified atom stereocenters. The first-order valence-electron chi connectivity index (χ1n) is 6.59. The van der Waals surface area contributed by atoms with Gasteiger partial charge in [0.1, 0.15) is 12.0 Å². The van der Waals surface area contributed by atoms with E-state index < -0.39 is 0 Å². The van der Waals surface area contributed by atoms with Crippen LogP contribution in [0.25, 0.3) is 0 Å². The average molecular weight is 266 g/mol. The molecule has 1 fully saturated rings. The van der Waals surface area contributed by atoms with Gasteiger partial charge in [-0.3, -0.25) is 0 Å². The summed E-state index contributed by atoms with van der Waals surface area (Å²) in [7, 11) is 0. The molecule has 0 spiro atoms. The Labute approximate surface area is 113 Å². The molecule has 0 saturated carbocycles. The van der Waals surface area contributed by atoms with Crippen LogP contribution in [-0.4, -0.2) is 41.4 Å². The highest BCUT2D eigenvalue weighted by molar-refractivity contribution is 5.68. The lowest BCUT2D eigenvalue weighted by Gasteiger charge is -2.42. The molecule has 1 aliphatic rings. The number of hydrogen-bond acceptors (Lipinski definition) is 6. The second-order valence-electron chi connectivity index (χ2n) is 5.42. The molecule has 2 N–H and O–H groups in total. The fourth-order valence-electron chi connectivity index (χ4n) is 2.49. The third-order valence-corrected chi connectivity index (χ3v) is 2.98. The molecule has 1 aromatic rings. The van der Waals surface area contributed by atoms with Crippen LogP contribution in [0.2, 0.25) is 0 Å². The zero-order chi connectivity index (χ0) is 14.0. The summed E-state index contributed by atoms with van der Waals surface area (Å²) in [6.07, 6.45) is 1.62. The number of rotatable bonds is 3. The van der Waals surface area contributed by atoms with Gasteiger partial charge in [-0.05, 0) is 27.7 Å². The summed E-state index contributed by atoms with van der Waals surface area (Å²) in [6, 6.07) is 0. The van der Waals surface area contributed by atoms with Crippen molar-refractivity contribution in [3.05, 3.63) is 6.33 Å². The van der Waals surface area contributed by atoms with Gasteiger partial charge in [0, 0.05) is 13.1 Å². The van der Waals surface area contributed by atoms with Gasteiger partial charge in [0.25, 0.3) is 0 Å². The fraction of sp³-hybridized carbons (Fsp3) is 0.692. The average Bonchev–Trinajstić information content (AvgIpc) is 2.29. The molecule has 0 aromatic carbocycles. The van der Waals surface area contributed by atoms with E-state index in [1.807, 2.05) is 6.92 Å².